The fourth-order valence-electron chi connectivity index (χ4n) is 2.81. The molecule has 26 heavy (non-hydrogen) atoms. The third kappa shape index (κ3) is 3.43. The zero-order valence-electron chi connectivity index (χ0n) is 14.9. The number of ether oxygens (including phenoxy) is 1. The third-order valence-electron chi connectivity index (χ3n) is 4.26. The van der Waals surface area contributed by atoms with Crippen LogP contribution in [0.25, 0.3) is 10.9 Å². The lowest BCUT2D eigenvalue weighted by Gasteiger charge is -2.05. The summed E-state index contributed by atoms with van der Waals surface area (Å²) in [5, 5.41) is 4.99. The van der Waals surface area contributed by atoms with Gasteiger partial charge in [0, 0.05) is 29.2 Å². The molecule has 6 nitrogen and oxygen atoms in total. The highest BCUT2D eigenvalue weighted by Crippen LogP contribution is 2.23. The zero-order chi connectivity index (χ0) is 18.7. The second-order valence-corrected chi connectivity index (χ2v) is 7.49. The molecular weight excluding hydrogens is 350 g/mol. The molecule has 3 aromatic rings. The normalized spacial score (nSPS) is 12.0. The molecule has 0 spiro atoms. The van der Waals surface area contributed by atoms with Crippen molar-refractivity contribution >= 4 is 27.1 Å². The molecule has 0 aliphatic rings. The fourth-order valence-corrected chi connectivity index (χ4v) is 3.60. The molecule has 0 fully saturated rings. The van der Waals surface area contributed by atoms with Gasteiger partial charge < -0.3 is 9.30 Å². The van der Waals surface area contributed by atoms with Gasteiger partial charge >= 0.3 is 0 Å². The van der Waals surface area contributed by atoms with Crippen LogP contribution in [0.3, 0.4) is 0 Å². The summed E-state index contributed by atoms with van der Waals surface area (Å²) in [7, 11) is -1.76. The zero-order valence-corrected chi connectivity index (χ0v) is 15.7. The maximum Gasteiger partial charge on any atom is 0.276 e. The summed E-state index contributed by atoms with van der Waals surface area (Å²) >= 11 is 0. The Morgan fingerprint density at radius 2 is 1.85 bits per heavy atom. The number of para-hydroxylation sites is 1. The van der Waals surface area contributed by atoms with Crippen molar-refractivity contribution in [1.29, 1.82) is 0 Å². The van der Waals surface area contributed by atoms with E-state index in [1.165, 1.54) is 12.1 Å². The highest BCUT2D eigenvalue weighted by Gasteiger charge is 2.13. The average Bonchev–Trinajstić information content (AvgIpc) is 2.88. The largest absolute Gasteiger partial charge is 0.494 e. The number of benzene rings is 2. The van der Waals surface area contributed by atoms with Crippen molar-refractivity contribution in [2.45, 2.75) is 18.7 Å². The molecule has 1 heterocycles. The van der Waals surface area contributed by atoms with Crippen molar-refractivity contribution in [2.75, 3.05) is 6.61 Å². The van der Waals surface area contributed by atoms with Gasteiger partial charge in [0.1, 0.15) is 5.75 Å². The highest BCUT2D eigenvalue weighted by molar-refractivity contribution is 7.89. The van der Waals surface area contributed by atoms with Crippen LogP contribution in [0.4, 0.5) is 0 Å². The topological polar surface area (TPSA) is 72.7 Å². The maximum absolute atomic E-state index is 12.4. The number of hydrogen-bond acceptors (Lipinski definition) is 4. The van der Waals surface area contributed by atoms with E-state index in [2.05, 4.69) is 14.5 Å². The average molecular weight is 371 g/mol. The Balaban J connectivity index is 1.83. The summed E-state index contributed by atoms with van der Waals surface area (Å²) in [6.07, 6.45) is 1.55. The predicted molar refractivity (Wildman–Crippen MR) is 103 cm³/mol. The lowest BCUT2D eigenvalue weighted by Crippen LogP contribution is -2.18. The Morgan fingerprint density at radius 3 is 2.54 bits per heavy atom. The van der Waals surface area contributed by atoms with Crippen LogP contribution in [-0.4, -0.2) is 25.8 Å². The molecule has 0 bridgehead atoms. The van der Waals surface area contributed by atoms with Crippen molar-refractivity contribution < 1.29 is 13.2 Å². The van der Waals surface area contributed by atoms with E-state index in [9.17, 15) is 8.42 Å². The molecule has 7 heteroatoms. The van der Waals surface area contributed by atoms with Gasteiger partial charge in [0.05, 0.1) is 17.7 Å². The van der Waals surface area contributed by atoms with Crippen molar-refractivity contribution in [3.8, 4) is 5.75 Å². The van der Waals surface area contributed by atoms with Crippen LogP contribution < -0.4 is 9.57 Å². The van der Waals surface area contributed by atoms with Crippen LogP contribution in [0.15, 0.2) is 58.5 Å². The molecule has 0 aliphatic heterocycles. The molecule has 2 aromatic carbocycles. The number of hydrazone groups is 1. The van der Waals surface area contributed by atoms with Gasteiger partial charge in [-0.1, -0.05) is 18.2 Å². The van der Waals surface area contributed by atoms with Gasteiger partial charge in [0.15, 0.2) is 0 Å². The minimum atomic E-state index is -3.73. The summed E-state index contributed by atoms with van der Waals surface area (Å²) < 4.78 is 32.1. The van der Waals surface area contributed by atoms with Gasteiger partial charge in [-0.05, 0) is 44.2 Å². The van der Waals surface area contributed by atoms with E-state index in [0.717, 1.165) is 22.2 Å². The van der Waals surface area contributed by atoms with Crippen LogP contribution >= 0.6 is 0 Å². The fraction of sp³-hybridized carbons (Fsp3) is 0.211. The van der Waals surface area contributed by atoms with Crippen LogP contribution in [0.2, 0.25) is 0 Å². The van der Waals surface area contributed by atoms with Crippen LogP contribution in [-0.2, 0) is 17.1 Å². The first-order valence-corrected chi connectivity index (χ1v) is 9.74. The molecule has 0 aliphatic carbocycles. The summed E-state index contributed by atoms with van der Waals surface area (Å²) in [5.41, 5.74) is 2.97. The minimum Gasteiger partial charge on any atom is -0.494 e. The number of nitrogens with zero attached hydrogens (tertiary/aromatic N) is 2. The standard InChI is InChI=1S/C19H21N3O3S/c1-4-25-15-9-11-16(12-10-15)26(23,24)21-20-13-18-14(2)22(3)19-8-6-5-7-17(18)19/h5-13,21H,4H2,1-3H3/b20-13+. The molecule has 1 aromatic heterocycles. The van der Waals surface area contributed by atoms with E-state index in [1.54, 1.807) is 18.3 Å². The van der Waals surface area contributed by atoms with Gasteiger partial charge in [0.2, 0.25) is 0 Å². The Bertz CT molecular complexity index is 1050. The summed E-state index contributed by atoms with van der Waals surface area (Å²) in [6.45, 7) is 4.37. The first-order chi connectivity index (χ1) is 12.4. The van der Waals surface area contributed by atoms with E-state index < -0.39 is 10.0 Å². The second kappa shape index (κ2) is 7.21. The molecule has 136 valence electrons. The van der Waals surface area contributed by atoms with Crippen LogP contribution in [0.1, 0.15) is 18.2 Å². The number of sulfonamides is 1. The van der Waals surface area contributed by atoms with Gasteiger partial charge in [-0.15, -0.1) is 0 Å². The van der Waals surface area contributed by atoms with Gasteiger partial charge in [-0.25, -0.2) is 4.83 Å². The van der Waals surface area contributed by atoms with E-state index in [-0.39, 0.29) is 4.90 Å². The Kier molecular flexibility index (Phi) is 4.99. The Labute approximate surface area is 153 Å². The lowest BCUT2D eigenvalue weighted by molar-refractivity contribution is 0.340. The van der Waals surface area contributed by atoms with Crippen molar-refractivity contribution in [3.05, 3.63) is 59.8 Å². The number of aromatic nitrogens is 1. The molecule has 0 unspecified atom stereocenters. The predicted octanol–water partition coefficient (Wildman–Crippen LogP) is 3.20. The molecule has 0 saturated heterocycles. The van der Waals surface area contributed by atoms with Crippen molar-refractivity contribution in [3.63, 3.8) is 0 Å². The van der Waals surface area contributed by atoms with E-state index in [1.807, 2.05) is 45.2 Å². The van der Waals surface area contributed by atoms with Crippen LogP contribution in [0.5, 0.6) is 5.75 Å². The van der Waals surface area contributed by atoms with Crippen molar-refractivity contribution in [1.82, 2.24) is 9.40 Å². The number of nitrogens with one attached hydrogen (secondary N) is 1. The van der Waals surface area contributed by atoms with Crippen LogP contribution in [0, 0.1) is 6.92 Å². The number of rotatable bonds is 6. The monoisotopic (exact) mass is 371 g/mol. The molecule has 0 radical (unpaired) electrons. The number of hydrogen-bond donors (Lipinski definition) is 1. The minimum absolute atomic E-state index is 0.132. The first-order valence-electron chi connectivity index (χ1n) is 8.26. The van der Waals surface area contributed by atoms with Gasteiger partial charge in [-0.3, -0.25) is 0 Å². The van der Waals surface area contributed by atoms with E-state index >= 15 is 0 Å². The smallest absolute Gasteiger partial charge is 0.276 e. The van der Waals surface area contributed by atoms with E-state index in [4.69, 9.17) is 4.74 Å². The molecule has 0 amide bonds. The lowest BCUT2D eigenvalue weighted by atomic mass is 10.1. The van der Waals surface area contributed by atoms with Gasteiger partial charge in [-0.2, -0.15) is 13.5 Å². The molecular formula is C19H21N3O3S. The van der Waals surface area contributed by atoms with Gasteiger partial charge in [0.25, 0.3) is 10.0 Å². The summed E-state index contributed by atoms with van der Waals surface area (Å²) in [6, 6.07) is 14.2. The highest BCUT2D eigenvalue weighted by atomic mass is 32.2. The number of aryl methyl sites for hydroxylation is 1. The Morgan fingerprint density at radius 1 is 1.15 bits per heavy atom. The van der Waals surface area contributed by atoms with E-state index in [0.29, 0.717) is 12.4 Å². The SMILES string of the molecule is CCOc1ccc(S(=O)(=O)N/N=C/c2c(C)n(C)c3ccccc23)cc1. The second-order valence-electron chi connectivity index (χ2n) is 5.83. The summed E-state index contributed by atoms with van der Waals surface area (Å²) in [4.78, 5) is 2.40. The molecule has 1 N–H and O–H groups in total. The maximum atomic E-state index is 12.4. The number of fused-ring (bicyclic) bond motifs is 1. The molecule has 0 atom stereocenters. The first kappa shape index (κ1) is 18.0. The quantitative estimate of drug-likeness (QED) is 0.534. The summed E-state index contributed by atoms with van der Waals surface area (Å²) in [5.74, 6) is 0.626. The molecule has 3 rings (SSSR count). The van der Waals surface area contributed by atoms with Crippen molar-refractivity contribution in [2.24, 2.45) is 12.1 Å². The molecule has 0 saturated carbocycles. The Hall–Kier alpha value is -2.80. The third-order valence-corrected chi connectivity index (χ3v) is 5.50.